The van der Waals surface area contributed by atoms with Gasteiger partial charge >= 0.3 is 6.18 Å². The van der Waals surface area contributed by atoms with Crippen LogP contribution in [0.5, 0.6) is 5.88 Å². The number of likely N-dealkylation sites (tertiary alicyclic amines) is 1. The lowest BCUT2D eigenvalue weighted by Crippen LogP contribution is -2.47. The van der Waals surface area contributed by atoms with Crippen LogP contribution in [0, 0.1) is 11.3 Å². The van der Waals surface area contributed by atoms with Gasteiger partial charge < -0.3 is 15.0 Å². The van der Waals surface area contributed by atoms with E-state index in [0.29, 0.717) is 42.9 Å². The molecule has 0 aliphatic carbocycles. The largest absolute Gasteiger partial charge is 0.474 e. The van der Waals surface area contributed by atoms with Crippen molar-refractivity contribution in [2.75, 3.05) is 24.5 Å². The minimum atomic E-state index is -4.35. The molecule has 2 aliphatic heterocycles. The average molecular weight is 690 g/mol. The van der Waals surface area contributed by atoms with Crippen LogP contribution in [0.1, 0.15) is 52.7 Å². The lowest BCUT2D eigenvalue weighted by atomic mass is 10.0. The Kier molecular flexibility index (Phi) is 9.53. The molecule has 42 heavy (non-hydrogen) atoms. The highest BCUT2D eigenvalue weighted by Crippen LogP contribution is 2.31. The first-order valence-corrected chi connectivity index (χ1v) is 15.2. The summed E-state index contributed by atoms with van der Waals surface area (Å²) < 4.78 is 44.9. The molecule has 0 spiro atoms. The molecule has 2 unspecified atom stereocenters. The Hall–Kier alpha value is -3.37. The van der Waals surface area contributed by atoms with Crippen LogP contribution < -0.4 is 15.0 Å². The molecule has 3 aromatic rings. The second-order valence-electron chi connectivity index (χ2n) is 10.6. The van der Waals surface area contributed by atoms with Gasteiger partial charge in [0.1, 0.15) is 6.10 Å². The summed E-state index contributed by atoms with van der Waals surface area (Å²) in [5.74, 6) is 0.230. The monoisotopic (exact) mass is 689 g/mol. The number of piperidine rings is 2. The summed E-state index contributed by atoms with van der Waals surface area (Å²) in [6, 6.07) is 18.4. The van der Waals surface area contributed by atoms with Gasteiger partial charge in [0.15, 0.2) is 0 Å². The number of alkyl halides is 4. The summed E-state index contributed by atoms with van der Waals surface area (Å²) >= 11 is 2.43. The third-order valence-electron chi connectivity index (χ3n) is 7.73. The van der Waals surface area contributed by atoms with E-state index in [1.165, 1.54) is 12.1 Å². The molecule has 2 aliphatic rings. The number of rotatable bonds is 7. The van der Waals surface area contributed by atoms with E-state index in [2.05, 4.69) is 43.9 Å². The van der Waals surface area contributed by atoms with Crippen LogP contribution in [0.25, 0.3) is 0 Å². The summed E-state index contributed by atoms with van der Waals surface area (Å²) in [5.41, 5.74) is 2.41. The van der Waals surface area contributed by atoms with Crippen molar-refractivity contribution in [3.8, 4) is 11.9 Å². The van der Waals surface area contributed by atoms with E-state index in [-0.39, 0.29) is 22.1 Å². The van der Waals surface area contributed by atoms with Gasteiger partial charge in [0.25, 0.3) is 5.91 Å². The van der Waals surface area contributed by atoms with E-state index in [1.54, 1.807) is 18.3 Å². The maximum absolute atomic E-state index is 13.1. The lowest BCUT2D eigenvalue weighted by molar-refractivity contribution is -0.137. The Bertz CT molecular complexity index is 1400. The maximum Gasteiger partial charge on any atom is 0.416 e. The van der Waals surface area contributed by atoms with E-state index in [1.807, 2.05) is 29.2 Å². The van der Waals surface area contributed by atoms with E-state index < -0.39 is 11.7 Å². The smallest absolute Gasteiger partial charge is 0.416 e. The highest BCUT2D eigenvalue weighted by Gasteiger charge is 2.31. The summed E-state index contributed by atoms with van der Waals surface area (Å²) in [5, 5.41) is 12.2. The van der Waals surface area contributed by atoms with Gasteiger partial charge in [0.2, 0.25) is 5.88 Å². The Morgan fingerprint density at radius 1 is 1.05 bits per heavy atom. The van der Waals surface area contributed by atoms with Gasteiger partial charge in [-0.1, -0.05) is 34.7 Å². The van der Waals surface area contributed by atoms with Crippen LogP contribution in [0.2, 0.25) is 0 Å². The van der Waals surface area contributed by atoms with E-state index in [9.17, 15) is 18.0 Å². The molecule has 2 saturated heterocycles. The van der Waals surface area contributed by atoms with Crippen LogP contribution in [0.4, 0.5) is 18.9 Å². The number of benzene rings is 2. The second kappa shape index (κ2) is 13.3. The Morgan fingerprint density at radius 3 is 2.40 bits per heavy atom. The van der Waals surface area contributed by atoms with Crippen LogP contribution in [0.3, 0.4) is 0 Å². The van der Waals surface area contributed by atoms with Crippen molar-refractivity contribution in [2.24, 2.45) is 0 Å². The zero-order chi connectivity index (χ0) is 29.7. The quantitative estimate of drug-likeness (QED) is 0.182. The molecule has 7 nitrogen and oxygen atoms in total. The summed E-state index contributed by atoms with van der Waals surface area (Å²) in [6.07, 6.45) is 0.183. The van der Waals surface area contributed by atoms with E-state index in [4.69, 9.17) is 10.00 Å². The molecule has 2 aromatic carbocycles. The van der Waals surface area contributed by atoms with Gasteiger partial charge in [-0.25, -0.2) is 4.98 Å². The van der Waals surface area contributed by atoms with Crippen molar-refractivity contribution in [3.63, 3.8) is 0 Å². The molecule has 2 fully saturated rings. The topological polar surface area (TPSA) is 81.5 Å². The number of nitriles is 1. The number of anilines is 1. The first-order chi connectivity index (χ1) is 20.2. The Labute approximate surface area is 256 Å². The second-order valence-corrected chi connectivity index (χ2v) is 12.1. The van der Waals surface area contributed by atoms with Crippen molar-refractivity contribution in [1.82, 2.24) is 15.2 Å². The zero-order valence-corrected chi connectivity index (χ0v) is 25.0. The van der Waals surface area contributed by atoms with Crippen molar-refractivity contribution < 1.29 is 22.7 Å². The number of halogens is 4. The first kappa shape index (κ1) is 30.1. The number of hydrogen-bond acceptors (Lipinski definition) is 6. The number of aromatic nitrogens is 1. The zero-order valence-electron chi connectivity index (χ0n) is 22.9. The number of hydrogen-bond donors (Lipinski definition) is 1. The Morgan fingerprint density at radius 2 is 1.76 bits per heavy atom. The lowest BCUT2D eigenvalue weighted by Gasteiger charge is -2.37. The average Bonchev–Trinajstić information content (AvgIpc) is 2.99. The predicted molar refractivity (Wildman–Crippen MR) is 161 cm³/mol. The van der Waals surface area contributed by atoms with Gasteiger partial charge in [0.05, 0.1) is 21.2 Å². The minimum Gasteiger partial charge on any atom is -0.474 e. The van der Waals surface area contributed by atoms with Crippen LogP contribution in [0.15, 0.2) is 66.9 Å². The van der Waals surface area contributed by atoms with Gasteiger partial charge in [0, 0.05) is 68.6 Å². The van der Waals surface area contributed by atoms with E-state index in [0.717, 1.165) is 49.3 Å². The van der Waals surface area contributed by atoms with Gasteiger partial charge in [-0.2, -0.15) is 18.4 Å². The molecular formula is C31H31F3IN5O2. The highest BCUT2D eigenvalue weighted by molar-refractivity contribution is 14.1. The molecule has 1 N–H and O–H groups in total. The van der Waals surface area contributed by atoms with Crippen LogP contribution in [-0.2, 0) is 12.7 Å². The highest BCUT2D eigenvalue weighted by atomic mass is 127. The minimum absolute atomic E-state index is 0.0590. The summed E-state index contributed by atoms with van der Waals surface area (Å²) in [6.45, 7) is 2.96. The van der Waals surface area contributed by atoms with Crippen molar-refractivity contribution in [2.45, 2.75) is 54.6 Å². The molecule has 1 aromatic heterocycles. The van der Waals surface area contributed by atoms with Gasteiger partial charge in [-0.05, 0) is 60.9 Å². The SMILES string of the molecule is N#Cc1ccc(CN2CCC(NC(=O)c3ccnc(OC4CCN(c5ccc(C(F)(F)F)cc5)CC4)c3)CC2I)cc1. The number of nitrogens with zero attached hydrogens (tertiary/aromatic N) is 4. The maximum atomic E-state index is 13.1. The standard InChI is InChI=1S/C31H31F3IN5O2/c32-31(33,34)24-5-7-26(8-6-24)39-15-11-27(12-16-39)42-29-17-23(9-13-37-29)30(41)38-25-10-14-40(28(35)18-25)20-22-3-1-21(19-36)2-4-22/h1-9,13,17,25,27-28H,10-12,14-16,18,20H2,(H,38,41). The number of nitrogens with one attached hydrogen (secondary N) is 1. The third-order valence-corrected chi connectivity index (χ3v) is 9.03. The number of ether oxygens (including phenoxy) is 1. The number of carbonyl (C=O) groups is 1. The Balaban J connectivity index is 1.09. The van der Waals surface area contributed by atoms with Gasteiger partial charge in [-0.3, -0.25) is 9.69 Å². The predicted octanol–water partition coefficient (Wildman–Crippen LogP) is 6.18. The molecule has 3 heterocycles. The molecule has 0 radical (unpaired) electrons. The molecule has 2 atom stereocenters. The van der Waals surface area contributed by atoms with Crippen molar-refractivity contribution >= 4 is 34.2 Å². The van der Waals surface area contributed by atoms with E-state index >= 15 is 0 Å². The molecule has 220 valence electrons. The number of amides is 1. The van der Waals surface area contributed by atoms with Crippen LogP contribution in [-0.4, -0.2) is 51.6 Å². The number of pyridine rings is 1. The molecule has 5 rings (SSSR count). The van der Waals surface area contributed by atoms with Crippen molar-refractivity contribution in [3.05, 3.63) is 89.1 Å². The molecule has 11 heteroatoms. The molecular weight excluding hydrogens is 658 g/mol. The third kappa shape index (κ3) is 7.72. The molecule has 0 bridgehead atoms. The van der Waals surface area contributed by atoms with Gasteiger partial charge in [-0.15, -0.1) is 0 Å². The number of carbonyl (C=O) groups excluding carboxylic acids is 1. The summed E-state index contributed by atoms with van der Waals surface area (Å²) in [7, 11) is 0. The fourth-order valence-corrected chi connectivity index (χ4v) is 6.43. The fourth-order valence-electron chi connectivity index (χ4n) is 5.34. The van der Waals surface area contributed by atoms with Crippen LogP contribution >= 0.6 is 22.6 Å². The summed E-state index contributed by atoms with van der Waals surface area (Å²) in [4.78, 5) is 21.8. The van der Waals surface area contributed by atoms with Crippen molar-refractivity contribution in [1.29, 1.82) is 5.26 Å². The first-order valence-electron chi connectivity index (χ1n) is 13.9. The fraction of sp³-hybridized carbons (Fsp3) is 0.387. The molecule has 1 amide bonds. The molecule has 0 saturated carbocycles. The normalized spacial score (nSPS) is 20.1.